The molecule has 0 unspecified atom stereocenters. The first-order valence-corrected chi connectivity index (χ1v) is 7.04. The Balaban J connectivity index is 0.00000400. The third kappa shape index (κ3) is 9.13. The summed E-state index contributed by atoms with van der Waals surface area (Å²) in [6.07, 6.45) is 2.19. The number of nitrogens with two attached hydrogens (primary N) is 1. The van der Waals surface area contributed by atoms with Crippen molar-refractivity contribution >= 4 is 28.6 Å². The molecule has 3 N–H and O–H groups in total. The first-order chi connectivity index (χ1) is 9.59. The molecule has 21 heavy (non-hydrogen) atoms. The molecule has 0 aliphatic carbocycles. The molecule has 118 valence electrons. The van der Waals surface area contributed by atoms with Gasteiger partial charge in [-0.05, 0) is 31.9 Å². The summed E-state index contributed by atoms with van der Waals surface area (Å²) >= 11 is 0. The highest BCUT2D eigenvalue weighted by atomic mass is 79.9. The van der Waals surface area contributed by atoms with Crippen LogP contribution in [0.1, 0.15) is 19.8 Å². The van der Waals surface area contributed by atoms with E-state index in [1.165, 1.54) is 5.69 Å². The second-order valence-electron chi connectivity index (χ2n) is 5.05. The minimum atomic E-state index is 0. The van der Waals surface area contributed by atoms with E-state index in [0.29, 0.717) is 12.5 Å². The Bertz CT molecular complexity index is 431. The molecule has 0 heterocycles. The maximum Gasteiger partial charge on any atom is 0.188 e. The number of aliphatic imine (C=N–C) groups is 1. The zero-order valence-corrected chi connectivity index (χ0v) is 14.7. The van der Waals surface area contributed by atoms with E-state index < -0.39 is 0 Å². The van der Waals surface area contributed by atoms with Gasteiger partial charge in [-0.1, -0.05) is 30.4 Å². The van der Waals surface area contributed by atoms with Crippen LogP contribution >= 0.6 is 17.0 Å². The molecule has 0 atom stereocenters. The van der Waals surface area contributed by atoms with Gasteiger partial charge in [0.15, 0.2) is 5.96 Å². The lowest BCUT2D eigenvalue weighted by atomic mass is 10.2. The van der Waals surface area contributed by atoms with Gasteiger partial charge in [-0.25, -0.2) is 4.99 Å². The maximum absolute atomic E-state index is 5.74. The second-order valence-corrected chi connectivity index (χ2v) is 5.05. The van der Waals surface area contributed by atoms with Gasteiger partial charge in [0.1, 0.15) is 0 Å². The normalized spacial score (nSPS) is 10.7. The van der Waals surface area contributed by atoms with Gasteiger partial charge in [-0.2, -0.15) is 0 Å². The highest BCUT2D eigenvalue weighted by Gasteiger charge is 1.99. The number of unbranched alkanes of at least 4 members (excludes halogenated alkanes) is 1. The molecule has 0 aliphatic heterocycles. The fourth-order valence-corrected chi connectivity index (χ4v) is 1.78. The molecule has 4 nitrogen and oxygen atoms in total. The van der Waals surface area contributed by atoms with Gasteiger partial charge in [0, 0.05) is 25.8 Å². The molecular formula is C16H27BrN4. The van der Waals surface area contributed by atoms with E-state index in [-0.39, 0.29) is 17.0 Å². The Morgan fingerprint density at radius 3 is 2.57 bits per heavy atom. The van der Waals surface area contributed by atoms with Crippen LogP contribution in [0.15, 0.2) is 47.5 Å². The number of hydrogen-bond donors (Lipinski definition) is 2. The number of anilines is 1. The van der Waals surface area contributed by atoms with Gasteiger partial charge < -0.3 is 16.0 Å². The molecule has 0 spiro atoms. The average Bonchev–Trinajstić information content (AvgIpc) is 2.45. The lowest BCUT2D eigenvalue weighted by Crippen LogP contribution is -2.33. The van der Waals surface area contributed by atoms with Crippen molar-refractivity contribution in [2.45, 2.75) is 19.8 Å². The summed E-state index contributed by atoms with van der Waals surface area (Å²) in [5.41, 5.74) is 8.01. The Kier molecular flexibility index (Phi) is 10.4. The molecule has 1 aromatic carbocycles. The van der Waals surface area contributed by atoms with E-state index in [2.05, 4.69) is 53.1 Å². The third-order valence-corrected chi connectivity index (χ3v) is 2.94. The van der Waals surface area contributed by atoms with Crippen molar-refractivity contribution in [1.29, 1.82) is 0 Å². The zero-order valence-electron chi connectivity index (χ0n) is 13.0. The van der Waals surface area contributed by atoms with Crippen LogP contribution in [0.4, 0.5) is 5.69 Å². The smallest absolute Gasteiger partial charge is 0.188 e. The molecule has 0 saturated carbocycles. The van der Waals surface area contributed by atoms with Gasteiger partial charge in [-0.3, -0.25) is 0 Å². The number of para-hydroxylation sites is 1. The van der Waals surface area contributed by atoms with E-state index in [9.17, 15) is 0 Å². The molecular weight excluding hydrogens is 328 g/mol. The number of hydrogen-bond acceptors (Lipinski definition) is 2. The highest BCUT2D eigenvalue weighted by molar-refractivity contribution is 8.93. The van der Waals surface area contributed by atoms with Crippen molar-refractivity contribution < 1.29 is 0 Å². The van der Waals surface area contributed by atoms with E-state index >= 15 is 0 Å². The first kappa shape index (κ1) is 19.5. The van der Waals surface area contributed by atoms with Crippen molar-refractivity contribution in [2.24, 2.45) is 10.7 Å². The number of halogens is 1. The van der Waals surface area contributed by atoms with Crippen LogP contribution in [0, 0.1) is 0 Å². The predicted molar refractivity (Wildman–Crippen MR) is 98.6 cm³/mol. The van der Waals surface area contributed by atoms with E-state index in [1.807, 2.05) is 13.0 Å². The van der Waals surface area contributed by atoms with Crippen molar-refractivity contribution in [1.82, 2.24) is 5.32 Å². The number of nitrogens with zero attached hydrogens (tertiary/aromatic N) is 2. The molecule has 1 rings (SSSR count). The van der Waals surface area contributed by atoms with Crippen LogP contribution in [-0.2, 0) is 0 Å². The topological polar surface area (TPSA) is 53.6 Å². The molecule has 5 heteroatoms. The number of rotatable bonds is 8. The standard InChI is InChI=1S/C16H26N4.BrH/c1-14(2)13-19-16(17)18-11-7-8-12-20(3)15-9-5-4-6-10-15;/h4-6,9-10H,1,7-8,11-13H2,2-3H3,(H3,17,18,19);1H. The molecule has 0 amide bonds. The summed E-state index contributed by atoms with van der Waals surface area (Å²) in [4.78, 5) is 6.44. The Labute approximate surface area is 138 Å². The van der Waals surface area contributed by atoms with E-state index in [1.54, 1.807) is 0 Å². The fourth-order valence-electron chi connectivity index (χ4n) is 1.78. The van der Waals surface area contributed by atoms with Crippen LogP contribution in [0.2, 0.25) is 0 Å². The van der Waals surface area contributed by atoms with Crippen LogP contribution < -0.4 is 16.0 Å². The number of nitrogens with one attached hydrogen (secondary N) is 1. The molecule has 0 saturated heterocycles. The van der Waals surface area contributed by atoms with Crippen LogP contribution in [-0.4, -0.2) is 32.6 Å². The maximum atomic E-state index is 5.74. The quantitative estimate of drug-likeness (QED) is 0.326. The van der Waals surface area contributed by atoms with Crippen molar-refractivity contribution in [2.75, 3.05) is 31.6 Å². The molecule has 1 aromatic rings. The lowest BCUT2D eigenvalue weighted by molar-refractivity contribution is 0.696. The lowest BCUT2D eigenvalue weighted by Gasteiger charge is -2.19. The molecule has 0 aliphatic rings. The van der Waals surface area contributed by atoms with Crippen LogP contribution in [0.5, 0.6) is 0 Å². The van der Waals surface area contributed by atoms with Crippen molar-refractivity contribution in [3.05, 3.63) is 42.5 Å². The van der Waals surface area contributed by atoms with Crippen molar-refractivity contribution in [3.63, 3.8) is 0 Å². The third-order valence-electron chi connectivity index (χ3n) is 2.94. The molecule has 0 radical (unpaired) electrons. The highest BCUT2D eigenvalue weighted by Crippen LogP contribution is 2.11. The Hall–Kier alpha value is -1.49. The van der Waals surface area contributed by atoms with E-state index in [0.717, 1.165) is 31.5 Å². The summed E-state index contributed by atoms with van der Waals surface area (Å²) in [5.74, 6) is 0.504. The molecule has 0 aromatic heterocycles. The van der Waals surface area contributed by atoms with Gasteiger partial charge >= 0.3 is 0 Å². The minimum absolute atomic E-state index is 0. The number of guanidine groups is 1. The van der Waals surface area contributed by atoms with Gasteiger partial charge in [0.25, 0.3) is 0 Å². The Morgan fingerprint density at radius 2 is 1.95 bits per heavy atom. The first-order valence-electron chi connectivity index (χ1n) is 7.04. The van der Waals surface area contributed by atoms with Gasteiger partial charge in [0.05, 0.1) is 6.54 Å². The molecule has 0 fully saturated rings. The fraction of sp³-hybridized carbons (Fsp3) is 0.438. The largest absolute Gasteiger partial charge is 0.375 e. The minimum Gasteiger partial charge on any atom is -0.375 e. The van der Waals surface area contributed by atoms with Crippen LogP contribution in [0.3, 0.4) is 0 Å². The summed E-state index contributed by atoms with van der Waals surface area (Å²) in [5, 5.41) is 3.12. The Morgan fingerprint density at radius 1 is 1.29 bits per heavy atom. The zero-order chi connectivity index (χ0) is 14.8. The summed E-state index contributed by atoms with van der Waals surface area (Å²) in [7, 11) is 2.12. The van der Waals surface area contributed by atoms with E-state index in [4.69, 9.17) is 5.73 Å². The van der Waals surface area contributed by atoms with Crippen molar-refractivity contribution in [3.8, 4) is 0 Å². The SMILES string of the molecule is Br.C=C(C)CN=C(N)NCCCCN(C)c1ccccc1. The second kappa shape index (κ2) is 11.2. The summed E-state index contributed by atoms with van der Waals surface area (Å²) in [6.45, 7) is 8.21. The summed E-state index contributed by atoms with van der Waals surface area (Å²) < 4.78 is 0. The van der Waals surface area contributed by atoms with Crippen LogP contribution in [0.25, 0.3) is 0 Å². The average molecular weight is 355 g/mol. The predicted octanol–water partition coefficient (Wildman–Crippen LogP) is 2.96. The van der Waals surface area contributed by atoms with Gasteiger partial charge in [-0.15, -0.1) is 17.0 Å². The number of benzene rings is 1. The van der Waals surface area contributed by atoms with Gasteiger partial charge in [0.2, 0.25) is 0 Å². The summed E-state index contributed by atoms with van der Waals surface area (Å²) in [6, 6.07) is 10.4. The monoisotopic (exact) mass is 354 g/mol. The molecule has 0 bridgehead atoms.